The fourth-order valence-electron chi connectivity index (χ4n) is 2.23. The first-order valence-electron chi connectivity index (χ1n) is 7.25. The van der Waals surface area contributed by atoms with Crippen molar-refractivity contribution in [2.24, 2.45) is 0 Å². The third kappa shape index (κ3) is 3.21. The van der Waals surface area contributed by atoms with Crippen molar-refractivity contribution in [3.63, 3.8) is 0 Å². The number of rotatable bonds is 4. The molecule has 1 saturated carbocycles. The minimum absolute atomic E-state index is 0.0758. The standard InChI is InChI=1S/C16H21F2NO3/c1-14(2,3)22-12-8-5-4-7-11(12)19-13(20)16(17,18)15(21)9-6-10-15/h4-5,7-8,21H,6,9-10H2,1-3H3,(H,19,20). The number of alkyl halides is 2. The van der Waals surface area contributed by atoms with Crippen LogP contribution in [0.2, 0.25) is 0 Å². The molecular formula is C16H21F2NO3. The van der Waals surface area contributed by atoms with Crippen molar-refractivity contribution < 1.29 is 23.4 Å². The first-order valence-corrected chi connectivity index (χ1v) is 7.25. The highest BCUT2D eigenvalue weighted by atomic mass is 19.3. The van der Waals surface area contributed by atoms with Gasteiger partial charge in [0.05, 0.1) is 5.69 Å². The normalized spacial score (nSPS) is 17.5. The largest absolute Gasteiger partial charge is 0.486 e. The molecular weight excluding hydrogens is 292 g/mol. The van der Waals surface area contributed by atoms with Gasteiger partial charge < -0.3 is 15.2 Å². The van der Waals surface area contributed by atoms with Crippen LogP contribution in [0.4, 0.5) is 14.5 Å². The molecule has 1 fully saturated rings. The molecule has 1 amide bonds. The van der Waals surface area contributed by atoms with Crippen LogP contribution in [0, 0.1) is 0 Å². The lowest BCUT2D eigenvalue weighted by Crippen LogP contribution is -2.59. The molecule has 122 valence electrons. The van der Waals surface area contributed by atoms with Crippen molar-refractivity contribution in [2.45, 2.75) is 57.2 Å². The summed E-state index contributed by atoms with van der Waals surface area (Å²) >= 11 is 0. The average Bonchev–Trinajstić information content (AvgIpc) is 2.36. The molecule has 1 aromatic carbocycles. The van der Waals surface area contributed by atoms with Crippen molar-refractivity contribution in [2.75, 3.05) is 5.32 Å². The van der Waals surface area contributed by atoms with Gasteiger partial charge in [-0.3, -0.25) is 4.79 Å². The number of carbonyl (C=O) groups is 1. The van der Waals surface area contributed by atoms with E-state index < -0.39 is 23.0 Å². The summed E-state index contributed by atoms with van der Waals surface area (Å²) in [4.78, 5) is 11.9. The van der Waals surface area contributed by atoms with Gasteiger partial charge in [0, 0.05) is 0 Å². The van der Waals surface area contributed by atoms with E-state index in [1.165, 1.54) is 6.07 Å². The molecule has 2 rings (SSSR count). The molecule has 6 heteroatoms. The van der Waals surface area contributed by atoms with Gasteiger partial charge in [-0.1, -0.05) is 12.1 Å². The quantitative estimate of drug-likeness (QED) is 0.896. The third-order valence-corrected chi connectivity index (χ3v) is 3.60. The first-order chi connectivity index (χ1) is 10.1. The van der Waals surface area contributed by atoms with Gasteiger partial charge in [0.25, 0.3) is 5.91 Å². The molecule has 2 N–H and O–H groups in total. The number of benzene rings is 1. The fraction of sp³-hybridized carbons (Fsp3) is 0.562. The van der Waals surface area contributed by atoms with Gasteiger partial charge >= 0.3 is 5.92 Å². The second-order valence-corrected chi connectivity index (χ2v) is 6.62. The highest BCUT2D eigenvalue weighted by Crippen LogP contribution is 2.45. The summed E-state index contributed by atoms with van der Waals surface area (Å²) in [5, 5.41) is 12.0. The maximum atomic E-state index is 14.1. The number of carbonyl (C=O) groups excluding carboxylic acids is 1. The maximum absolute atomic E-state index is 14.1. The Balaban J connectivity index is 2.18. The SMILES string of the molecule is CC(C)(C)Oc1ccccc1NC(=O)C(F)(F)C1(O)CCC1. The Morgan fingerprint density at radius 1 is 1.27 bits per heavy atom. The minimum Gasteiger partial charge on any atom is -0.486 e. The van der Waals surface area contributed by atoms with Crippen LogP contribution in [0.5, 0.6) is 5.75 Å². The summed E-state index contributed by atoms with van der Waals surface area (Å²) < 4.78 is 33.8. The Bertz CT molecular complexity index is 563. The van der Waals surface area contributed by atoms with E-state index in [1.54, 1.807) is 18.2 Å². The van der Waals surface area contributed by atoms with Gasteiger partial charge in [-0.15, -0.1) is 0 Å². The summed E-state index contributed by atoms with van der Waals surface area (Å²) in [6, 6.07) is 6.38. The lowest BCUT2D eigenvalue weighted by atomic mass is 9.75. The zero-order chi connectivity index (χ0) is 16.6. The van der Waals surface area contributed by atoms with Crippen LogP contribution < -0.4 is 10.1 Å². The Morgan fingerprint density at radius 2 is 1.86 bits per heavy atom. The number of aliphatic hydroxyl groups is 1. The predicted molar refractivity (Wildman–Crippen MR) is 79.2 cm³/mol. The molecule has 1 aliphatic rings. The second kappa shape index (κ2) is 5.50. The lowest BCUT2D eigenvalue weighted by Gasteiger charge is -2.41. The number of hydrogen-bond donors (Lipinski definition) is 2. The van der Waals surface area contributed by atoms with Gasteiger partial charge in [-0.05, 0) is 52.2 Å². The molecule has 0 atom stereocenters. The van der Waals surface area contributed by atoms with Crippen molar-refractivity contribution in [1.29, 1.82) is 0 Å². The molecule has 0 aliphatic heterocycles. The molecule has 0 saturated heterocycles. The van der Waals surface area contributed by atoms with Crippen molar-refractivity contribution >= 4 is 11.6 Å². The van der Waals surface area contributed by atoms with Gasteiger partial charge in [-0.2, -0.15) is 8.78 Å². The molecule has 0 heterocycles. The lowest BCUT2D eigenvalue weighted by molar-refractivity contribution is -0.212. The van der Waals surface area contributed by atoms with E-state index in [0.717, 1.165) is 0 Å². The average molecular weight is 313 g/mol. The Hall–Kier alpha value is -1.69. The number of amides is 1. The molecule has 0 aromatic heterocycles. The predicted octanol–water partition coefficient (Wildman–Crippen LogP) is 3.35. The van der Waals surface area contributed by atoms with Crippen LogP contribution in [-0.4, -0.2) is 28.1 Å². The number of anilines is 1. The van der Waals surface area contributed by atoms with Crippen LogP contribution in [0.15, 0.2) is 24.3 Å². The third-order valence-electron chi connectivity index (χ3n) is 3.60. The van der Waals surface area contributed by atoms with Gasteiger partial charge in [-0.25, -0.2) is 0 Å². The van der Waals surface area contributed by atoms with E-state index in [2.05, 4.69) is 5.32 Å². The second-order valence-electron chi connectivity index (χ2n) is 6.62. The Morgan fingerprint density at radius 3 is 2.36 bits per heavy atom. The summed E-state index contributed by atoms with van der Waals surface area (Å²) in [7, 11) is 0. The van der Waals surface area contributed by atoms with Crippen LogP contribution in [0.1, 0.15) is 40.0 Å². The van der Waals surface area contributed by atoms with Crippen molar-refractivity contribution in [1.82, 2.24) is 0 Å². The first kappa shape index (κ1) is 16.7. The smallest absolute Gasteiger partial charge is 0.352 e. The monoisotopic (exact) mass is 313 g/mol. The van der Waals surface area contributed by atoms with Gasteiger partial charge in [0.15, 0.2) is 0 Å². The highest BCUT2D eigenvalue weighted by Gasteiger charge is 2.61. The number of nitrogens with one attached hydrogen (secondary N) is 1. The van der Waals surface area contributed by atoms with Crippen LogP contribution in [0.25, 0.3) is 0 Å². The molecule has 0 radical (unpaired) electrons. The van der Waals surface area contributed by atoms with Gasteiger partial charge in [0.2, 0.25) is 0 Å². The molecule has 4 nitrogen and oxygen atoms in total. The summed E-state index contributed by atoms with van der Waals surface area (Å²) in [5.41, 5.74) is -2.61. The minimum atomic E-state index is -3.83. The Kier molecular flexibility index (Phi) is 4.17. The molecule has 22 heavy (non-hydrogen) atoms. The molecule has 0 unspecified atom stereocenters. The number of ether oxygens (including phenoxy) is 1. The van der Waals surface area contributed by atoms with E-state index in [1.807, 2.05) is 20.8 Å². The zero-order valence-corrected chi connectivity index (χ0v) is 13.0. The topological polar surface area (TPSA) is 58.6 Å². The number of para-hydroxylation sites is 2. The molecule has 0 spiro atoms. The summed E-state index contributed by atoms with van der Waals surface area (Å²) in [6.45, 7) is 5.45. The highest BCUT2D eigenvalue weighted by molar-refractivity contribution is 5.98. The van der Waals surface area contributed by atoms with Crippen LogP contribution in [0.3, 0.4) is 0 Å². The van der Waals surface area contributed by atoms with E-state index in [4.69, 9.17) is 4.74 Å². The molecule has 1 aromatic rings. The van der Waals surface area contributed by atoms with Crippen molar-refractivity contribution in [3.8, 4) is 5.75 Å². The molecule has 1 aliphatic carbocycles. The maximum Gasteiger partial charge on any atom is 0.352 e. The van der Waals surface area contributed by atoms with E-state index in [-0.39, 0.29) is 18.5 Å². The van der Waals surface area contributed by atoms with Crippen molar-refractivity contribution in [3.05, 3.63) is 24.3 Å². The van der Waals surface area contributed by atoms with Crippen LogP contribution >= 0.6 is 0 Å². The number of hydrogen-bond acceptors (Lipinski definition) is 3. The number of halogens is 2. The van der Waals surface area contributed by atoms with E-state index >= 15 is 0 Å². The summed E-state index contributed by atoms with van der Waals surface area (Å²) in [5.74, 6) is -5.04. The van der Waals surface area contributed by atoms with Gasteiger partial charge in [0.1, 0.15) is 17.0 Å². The zero-order valence-electron chi connectivity index (χ0n) is 13.0. The van der Waals surface area contributed by atoms with Crippen LogP contribution in [-0.2, 0) is 4.79 Å². The van der Waals surface area contributed by atoms with E-state index in [0.29, 0.717) is 12.2 Å². The Labute approximate surface area is 128 Å². The fourth-order valence-corrected chi connectivity index (χ4v) is 2.23. The molecule has 0 bridgehead atoms. The van der Waals surface area contributed by atoms with E-state index in [9.17, 15) is 18.7 Å². The summed E-state index contributed by atoms with van der Waals surface area (Å²) in [6.07, 6.45) is 0.338.